The molecular weight excluding hydrogens is 330 g/mol. The van der Waals surface area contributed by atoms with Crippen LogP contribution in [0.25, 0.3) is 0 Å². The van der Waals surface area contributed by atoms with Crippen molar-refractivity contribution >= 4 is 46.2 Å². The summed E-state index contributed by atoms with van der Waals surface area (Å²) in [6, 6.07) is 6.84. The number of carbonyl (C=O) groups is 2. The van der Waals surface area contributed by atoms with Gasteiger partial charge < -0.3 is 4.90 Å². The maximum Gasteiger partial charge on any atom is 0.336 e. The predicted molar refractivity (Wildman–Crippen MR) is 85.8 cm³/mol. The number of thiophene rings is 2. The first-order valence-corrected chi connectivity index (χ1v) is 8.09. The molecule has 3 amide bonds. The number of amides is 3. The Hall–Kier alpha value is -1.57. The number of carbonyl (C=O) groups excluding carboxylic acids is 2. The van der Waals surface area contributed by atoms with Crippen molar-refractivity contribution in [1.82, 2.24) is 15.8 Å². The van der Waals surface area contributed by atoms with E-state index in [0.29, 0.717) is 15.8 Å². The summed E-state index contributed by atoms with van der Waals surface area (Å²) >= 11 is 8.63. The average Bonchev–Trinajstić information content (AvgIpc) is 3.04. The number of rotatable bonds is 3. The minimum atomic E-state index is -0.388. The molecule has 0 bridgehead atoms. The van der Waals surface area contributed by atoms with Gasteiger partial charge in [-0.05, 0) is 31.2 Å². The third-order valence-electron chi connectivity index (χ3n) is 2.62. The highest BCUT2D eigenvalue weighted by molar-refractivity contribution is 7.16. The maximum atomic E-state index is 11.9. The van der Waals surface area contributed by atoms with Gasteiger partial charge in [-0.1, -0.05) is 11.6 Å². The lowest BCUT2D eigenvalue weighted by atomic mass is 10.4. The van der Waals surface area contributed by atoms with Crippen LogP contribution in [0.3, 0.4) is 0 Å². The zero-order valence-electron chi connectivity index (χ0n) is 11.5. The van der Waals surface area contributed by atoms with Gasteiger partial charge in [-0.2, -0.15) is 0 Å². The lowest BCUT2D eigenvalue weighted by molar-refractivity contribution is 0.0935. The first-order chi connectivity index (χ1) is 9.95. The normalized spacial score (nSPS) is 10.2. The van der Waals surface area contributed by atoms with E-state index >= 15 is 0 Å². The third-order valence-corrected chi connectivity index (χ3v) is 4.83. The number of halogens is 1. The Morgan fingerprint density at radius 1 is 1.19 bits per heavy atom. The molecule has 0 atom stereocenters. The van der Waals surface area contributed by atoms with E-state index in [1.165, 1.54) is 27.6 Å². The molecule has 0 radical (unpaired) electrons. The number of aryl methyl sites for hydroxylation is 1. The van der Waals surface area contributed by atoms with Crippen molar-refractivity contribution < 1.29 is 9.59 Å². The van der Waals surface area contributed by atoms with Crippen molar-refractivity contribution in [2.45, 2.75) is 13.5 Å². The summed E-state index contributed by atoms with van der Waals surface area (Å²) in [4.78, 5) is 27.7. The van der Waals surface area contributed by atoms with Crippen LogP contribution in [0.4, 0.5) is 4.79 Å². The lowest BCUT2D eigenvalue weighted by Gasteiger charge is -2.17. The summed E-state index contributed by atoms with van der Waals surface area (Å²) in [6.07, 6.45) is 0. The molecule has 2 aromatic rings. The number of hydrogen-bond acceptors (Lipinski definition) is 4. The second-order valence-corrected chi connectivity index (χ2v) is 7.44. The summed E-state index contributed by atoms with van der Waals surface area (Å²) in [5.74, 6) is -0.325. The molecule has 0 fully saturated rings. The van der Waals surface area contributed by atoms with E-state index in [1.54, 1.807) is 19.2 Å². The smallest absolute Gasteiger partial charge is 0.321 e. The molecule has 0 saturated carbocycles. The summed E-state index contributed by atoms with van der Waals surface area (Å²) in [7, 11) is 1.64. The Morgan fingerprint density at radius 2 is 1.95 bits per heavy atom. The minimum absolute atomic E-state index is 0.325. The van der Waals surface area contributed by atoms with Gasteiger partial charge in [0.05, 0.1) is 15.8 Å². The van der Waals surface area contributed by atoms with Crippen molar-refractivity contribution in [3.8, 4) is 0 Å². The van der Waals surface area contributed by atoms with Crippen LogP contribution in [0.15, 0.2) is 24.3 Å². The summed E-state index contributed by atoms with van der Waals surface area (Å²) < 4.78 is 0.681. The Morgan fingerprint density at radius 3 is 2.52 bits per heavy atom. The predicted octanol–water partition coefficient (Wildman–Crippen LogP) is 3.26. The highest BCUT2D eigenvalue weighted by Crippen LogP contribution is 2.22. The van der Waals surface area contributed by atoms with E-state index in [0.717, 1.165) is 9.75 Å². The average molecular weight is 344 g/mol. The van der Waals surface area contributed by atoms with Crippen molar-refractivity contribution in [2.24, 2.45) is 0 Å². The molecule has 0 aliphatic carbocycles. The molecule has 21 heavy (non-hydrogen) atoms. The molecule has 5 nitrogen and oxygen atoms in total. The Bertz CT molecular complexity index is 653. The van der Waals surface area contributed by atoms with E-state index in [2.05, 4.69) is 10.9 Å². The van der Waals surface area contributed by atoms with Gasteiger partial charge in [-0.25, -0.2) is 10.2 Å². The van der Waals surface area contributed by atoms with Gasteiger partial charge in [-0.3, -0.25) is 10.2 Å². The number of urea groups is 1. The van der Waals surface area contributed by atoms with Crippen molar-refractivity contribution in [1.29, 1.82) is 0 Å². The van der Waals surface area contributed by atoms with E-state index in [4.69, 9.17) is 11.6 Å². The maximum absolute atomic E-state index is 11.9. The number of nitrogens with zero attached hydrogens (tertiary/aromatic N) is 1. The second kappa shape index (κ2) is 6.93. The van der Waals surface area contributed by atoms with Crippen LogP contribution >= 0.6 is 34.3 Å². The molecule has 112 valence electrons. The number of hydrazine groups is 1. The molecule has 0 saturated heterocycles. The van der Waals surface area contributed by atoms with Crippen LogP contribution in [0.5, 0.6) is 0 Å². The van der Waals surface area contributed by atoms with Crippen LogP contribution in [0, 0.1) is 6.92 Å². The van der Waals surface area contributed by atoms with Crippen LogP contribution in [-0.4, -0.2) is 23.9 Å². The van der Waals surface area contributed by atoms with Gasteiger partial charge in [0, 0.05) is 16.8 Å². The fraction of sp³-hybridized carbons (Fsp3) is 0.231. The second-order valence-electron chi connectivity index (χ2n) is 4.36. The highest BCUT2D eigenvalue weighted by atomic mass is 35.5. The first-order valence-electron chi connectivity index (χ1n) is 6.08. The third kappa shape index (κ3) is 4.45. The number of nitrogens with one attached hydrogen (secondary N) is 2. The van der Waals surface area contributed by atoms with Gasteiger partial charge in [0.25, 0.3) is 5.91 Å². The summed E-state index contributed by atoms with van der Waals surface area (Å²) in [5, 5.41) is 0. The van der Waals surface area contributed by atoms with E-state index in [1.807, 2.05) is 19.1 Å². The minimum Gasteiger partial charge on any atom is -0.321 e. The molecule has 0 spiro atoms. The van der Waals surface area contributed by atoms with Gasteiger partial charge >= 0.3 is 6.03 Å². The van der Waals surface area contributed by atoms with Crippen LogP contribution in [-0.2, 0) is 6.54 Å². The molecule has 0 aliphatic rings. The highest BCUT2D eigenvalue weighted by Gasteiger charge is 2.13. The zero-order chi connectivity index (χ0) is 15.4. The lowest BCUT2D eigenvalue weighted by Crippen LogP contribution is -2.47. The Balaban J connectivity index is 1.82. The Labute approximate surface area is 135 Å². The van der Waals surface area contributed by atoms with Crippen LogP contribution in [0.2, 0.25) is 4.34 Å². The fourth-order valence-electron chi connectivity index (χ4n) is 1.57. The van der Waals surface area contributed by atoms with Gasteiger partial charge in [-0.15, -0.1) is 22.7 Å². The molecule has 8 heteroatoms. The van der Waals surface area contributed by atoms with E-state index in [-0.39, 0.29) is 11.9 Å². The monoisotopic (exact) mass is 343 g/mol. The van der Waals surface area contributed by atoms with Gasteiger partial charge in [0.2, 0.25) is 0 Å². The molecule has 2 heterocycles. The van der Waals surface area contributed by atoms with Gasteiger partial charge in [0.15, 0.2) is 0 Å². The molecule has 2 N–H and O–H groups in total. The molecule has 2 aromatic heterocycles. The first kappa shape index (κ1) is 15.8. The van der Waals surface area contributed by atoms with E-state index in [9.17, 15) is 9.59 Å². The zero-order valence-corrected chi connectivity index (χ0v) is 13.9. The SMILES string of the molecule is Cc1ccc(C(=O)NNC(=O)N(C)Cc2ccc(Cl)s2)s1. The largest absolute Gasteiger partial charge is 0.336 e. The topological polar surface area (TPSA) is 61.4 Å². The quantitative estimate of drug-likeness (QED) is 0.840. The standard InChI is InChI=1S/C13H14ClN3O2S2/c1-8-3-5-10(20-8)12(18)15-16-13(19)17(2)7-9-4-6-11(14)21-9/h3-6H,7H2,1-2H3,(H,15,18)(H,16,19). The van der Waals surface area contributed by atoms with Crippen molar-refractivity contribution in [3.63, 3.8) is 0 Å². The molecular formula is C13H14ClN3O2S2. The van der Waals surface area contributed by atoms with E-state index < -0.39 is 0 Å². The Kier molecular flexibility index (Phi) is 5.22. The van der Waals surface area contributed by atoms with Crippen LogP contribution < -0.4 is 10.9 Å². The van der Waals surface area contributed by atoms with Gasteiger partial charge in [0.1, 0.15) is 0 Å². The van der Waals surface area contributed by atoms with Crippen molar-refractivity contribution in [3.05, 3.63) is 43.2 Å². The fourth-order valence-corrected chi connectivity index (χ4v) is 3.47. The van der Waals surface area contributed by atoms with Crippen molar-refractivity contribution in [2.75, 3.05) is 7.05 Å². The summed E-state index contributed by atoms with van der Waals surface area (Å²) in [6.45, 7) is 2.34. The molecule has 2 rings (SSSR count). The number of hydrogen-bond donors (Lipinski definition) is 2. The summed E-state index contributed by atoms with van der Waals surface area (Å²) in [5.41, 5.74) is 4.77. The molecule has 0 aromatic carbocycles. The molecule has 0 unspecified atom stereocenters. The molecule has 0 aliphatic heterocycles. The van der Waals surface area contributed by atoms with Crippen LogP contribution in [0.1, 0.15) is 19.4 Å².